The largest absolute Gasteiger partial charge is 0.478 e. The second kappa shape index (κ2) is 6.57. The highest BCUT2D eigenvalue weighted by molar-refractivity contribution is 7.89. The average molecular weight is 360 g/mol. The molecule has 0 fully saturated rings. The number of ether oxygens (including phenoxy) is 1. The Kier molecular flexibility index (Phi) is 4.47. The first kappa shape index (κ1) is 17.0. The molecule has 1 atom stereocenters. The lowest BCUT2D eigenvalue weighted by molar-refractivity contribution is 0.326. The number of H-pyrrole nitrogens is 1. The van der Waals surface area contributed by atoms with Gasteiger partial charge in [-0.25, -0.2) is 33.5 Å². The molecule has 3 heterocycles. The van der Waals surface area contributed by atoms with Crippen molar-refractivity contribution in [3.8, 4) is 5.88 Å². The highest BCUT2D eigenvalue weighted by Gasteiger charge is 2.32. The van der Waals surface area contributed by atoms with Gasteiger partial charge in [-0.05, 0) is 19.1 Å². The normalized spacial score (nSPS) is 12.9. The molecule has 0 saturated carbocycles. The van der Waals surface area contributed by atoms with Crippen molar-refractivity contribution in [3.05, 3.63) is 48.2 Å². The smallest absolute Gasteiger partial charge is 0.223 e. The van der Waals surface area contributed by atoms with Gasteiger partial charge in [0.2, 0.25) is 15.9 Å². The molecule has 3 aromatic heterocycles. The third-order valence-electron chi connectivity index (χ3n) is 3.40. The zero-order chi connectivity index (χ0) is 18.0. The Morgan fingerprint density at radius 1 is 1.36 bits per heavy atom. The molecule has 3 rings (SSSR count). The molecule has 0 aliphatic heterocycles. The van der Waals surface area contributed by atoms with E-state index in [1.54, 1.807) is 25.1 Å². The summed E-state index contributed by atoms with van der Waals surface area (Å²) in [5, 5.41) is 4.16. The lowest BCUT2D eigenvalue weighted by Crippen LogP contribution is -2.25. The molecule has 25 heavy (non-hydrogen) atoms. The molecule has 3 aromatic rings. The number of rotatable bonds is 6. The van der Waals surface area contributed by atoms with Crippen molar-refractivity contribution in [1.29, 1.82) is 0 Å². The van der Waals surface area contributed by atoms with Gasteiger partial charge in [-0.3, -0.25) is 0 Å². The summed E-state index contributed by atoms with van der Waals surface area (Å²) in [6.07, 6.45) is 2.82. The predicted octanol–water partition coefficient (Wildman–Crippen LogP) is 1.17. The van der Waals surface area contributed by atoms with E-state index in [0.29, 0.717) is 23.8 Å². The van der Waals surface area contributed by atoms with Crippen LogP contribution in [0.1, 0.15) is 29.3 Å². The van der Waals surface area contributed by atoms with E-state index in [0.717, 1.165) is 0 Å². The Hall–Kier alpha value is -2.85. The van der Waals surface area contributed by atoms with Crippen LogP contribution in [-0.2, 0) is 10.0 Å². The van der Waals surface area contributed by atoms with E-state index in [4.69, 9.17) is 9.88 Å². The summed E-state index contributed by atoms with van der Waals surface area (Å²) in [6, 6.07) is 4.82. The number of aromatic amines is 1. The Morgan fingerprint density at radius 2 is 2.16 bits per heavy atom. The maximum atomic E-state index is 12.3. The van der Waals surface area contributed by atoms with E-state index in [9.17, 15) is 8.42 Å². The summed E-state index contributed by atoms with van der Waals surface area (Å²) in [7, 11) is -4.09. The van der Waals surface area contributed by atoms with Gasteiger partial charge >= 0.3 is 0 Å². The highest BCUT2D eigenvalue weighted by Crippen LogP contribution is 2.30. The first-order chi connectivity index (χ1) is 11.9. The fourth-order valence-corrected chi connectivity index (χ4v) is 3.36. The molecule has 1 unspecified atom stereocenters. The number of primary sulfonamides is 1. The van der Waals surface area contributed by atoms with Gasteiger partial charge in [-0.2, -0.15) is 0 Å². The van der Waals surface area contributed by atoms with Crippen molar-refractivity contribution in [1.82, 2.24) is 24.9 Å². The number of nitrogens with two attached hydrogens (primary N) is 1. The highest BCUT2D eigenvalue weighted by atomic mass is 32.2. The third-order valence-corrected chi connectivity index (χ3v) is 4.52. The first-order valence-electron chi connectivity index (χ1n) is 7.39. The zero-order valence-corrected chi connectivity index (χ0v) is 14.2. The van der Waals surface area contributed by atoms with Crippen LogP contribution in [0.15, 0.2) is 31.1 Å². The third kappa shape index (κ3) is 3.35. The van der Waals surface area contributed by atoms with Crippen LogP contribution in [0.4, 0.5) is 0 Å². The van der Waals surface area contributed by atoms with Gasteiger partial charge in [0, 0.05) is 6.07 Å². The molecule has 0 bridgehead atoms. The van der Waals surface area contributed by atoms with Crippen LogP contribution in [-0.4, -0.2) is 39.9 Å². The van der Waals surface area contributed by atoms with E-state index in [-0.39, 0.29) is 17.1 Å². The molecular formula is C15H16N6O3S. The van der Waals surface area contributed by atoms with Crippen LogP contribution in [0.25, 0.3) is 17.4 Å². The number of hydrogen-bond acceptors (Lipinski definition) is 7. The minimum absolute atomic E-state index is 0.121. The van der Waals surface area contributed by atoms with E-state index in [1.807, 2.05) is 0 Å². The van der Waals surface area contributed by atoms with Gasteiger partial charge in [-0.1, -0.05) is 12.6 Å². The monoisotopic (exact) mass is 360 g/mol. The SMILES string of the molecule is C=Cc1nc2nc[nH]c2nc1C(c1cccc(OCC)n1)S(N)(=O)=O. The molecule has 9 nitrogen and oxygen atoms in total. The van der Waals surface area contributed by atoms with Crippen molar-refractivity contribution < 1.29 is 13.2 Å². The number of aromatic nitrogens is 5. The molecule has 0 aromatic carbocycles. The van der Waals surface area contributed by atoms with Crippen molar-refractivity contribution in [2.45, 2.75) is 12.2 Å². The molecular weight excluding hydrogens is 344 g/mol. The minimum atomic E-state index is -4.09. The summed E-state index contributed by atoms with van der Waals surface area (Å²) in [5.41, 5.74) is 1.26. The fourth-order valence-electron chi connectivity index (χ4n) is 2.41. The van der Waals surface area contributed by atoms with Crippen LogP contribution < -0.4 is 9.88 Å². The Morgan fingerprint density at radius 3 is 2.84 bits per heavy atom. The van der Waals surface area contributed by atoms with Gasteiger partial charge in [0.05, 0.1) is 30.0 Å². The van der Waals surface area contributed by atoms with Gasteiger partial charge in [0.15, 0.2) is 16.5 Å². The van der Waals surface area contributed by atoms with E-state index < -0.39 is 15.3 Å². The molecule has 0 amide bonds. The number of nitrogens with one attached hydrogen (secondary N) is 1. The maximum Gasteiger partial charge on any atom is 0.223 e. The molecule has 0 radical (unpaired) electrons. The summed E-state index contributed by atoms with van der Waals surface area (Å²) < 4.78 is 30.0. The second-order valence-electron chi connectivity index (χ2n) is 5.08. The quantitative estimate of drug-likeness (QED) is 0.673. The minimum Gasteiger partial charge on any atom is -0.478 e. The van der Waals surface area contributed by atoms with Crippen molar-refractivity contribution in [2.75, 3.05) is 6.61 Å². The number of hydrogen-bond donors (Lipinski definition) is 2. The van der Waals surface area contributed by atoms with Crippen LogP contribution >= 0.6 is 0 Å². The molecule has 130 valence electrons. The average Bonchev–Trinajstić information content (AvgIpc) is 3.01. The number of pyridine rings is 1. The number of nitrogens with zero attached hydrogens (tertiary/aromatic N) is 4. The second-order valence-corrected chi connectivity index (χ2v) is 6.73. The molecule has 0 spiro atoms. The maximum absolute atomic E-state index is 12.3. The molecule has 0 aliphatic carbocycles. The van der Waals surface area contributed by atoms with Crippen molar-refractivity contribution in [2.24, 2.45) is 5.14 Å². The lowest BCUT2D eigenvalue weighted by Gasteiger charge is -2.16. The fraction of sp³-hybridized carbons (Fsp3) is 0.200. The van der Waals surface area contributed by atoms with Gasteiger partial charge in [0.1, 0.15) is 0 Å². The summed E-state index contributed by atoms with van der Waals surface area (Å²) in [6.45, 7) is 5.87. The van der Waals surface area contributed by atoms with Gasteiger partial charge in [0.25, 0.3) is 0 Å². The molecule has 0 saturated heterocycles. The summed E-state index contributed by atoms with van der Waals surface area (Å²) in [5.74, 6) is 0.296. The van der Waals surface area contributed by atoms with Crippen molar-refractivity contribution in [3.63, 3.8) is 0 Å². The Labute approximate surface area is 144 Å². The van der Waals surface area contributed by atoms with E-state index in [1.165, 1.54) is 12.4 Å². The predicted molar refractivity (Wildman–Crippen MR) is 92.1 cm³/mol. The van der Waals surface area contributed by atoms with Crippen LogP contribution in [0.3, 0.4) is 0 Å². The number of sulfonamides is 1. The molecule has 10 heteroatoms. The first-order valence-corrected chi connectivity index (χ1v) is 8.99. The standard InChI is InChI=1S/C15H16N6O3S/c1-3-9-12(21-15-14(20-9)17-8-18-15)13(25(16,22)23)10-6-5-7-11(19-10)24-4-2/h3,5-8,13H,1,4H2,2H3,(H2,16,22,23)(H,17,18,20,21). The molecule has 3 N–H and O–H groups in total. The molecule has 0 aliphatic rings. The van der Waals surface area contributed by atoms with Crippen molar-refractivity contribution >= 4 is 27.4 Å². The van der Waals surface area contributed by atoms with Crippen LogP contribution in [0, 0.1) is 0 Å². The lowest BCUT2D eigenvalue weighted by atomic mass is 10.1. The van der Waals surface area contributed by atoms with E-state index in [2.05, 4.69) is 31.5 Å². The van der Waals surface area contributed by atoms with Crippen LogP contribution in [0.5, 0.6) is 5.88 Å². The Bertz CT molecular complexity index is 1030. The van der Waals surface area contributed by atoms with Gasteiger partial charge < -0.3 is 9.72 Å². The van der Waals surface area contributed by atoms with Gasteiger partial charge in [-0.15, -0.1) is 0 Å². The summed E-state index contributed by atoms with van der Waals surface area (Å²) >= 11 is 0. The number of fused-ring (bicyclic) bond motifs is 1. The van der Waals surface area contributed by atoms with E-state index >= 15 is 0 Å². The topological polar surface area (TPSA) is 137 Å². The number of imidazole rings is 1. The Balaban J connectivity index is 2.24. The van der Waals surface area contributed by atoms with Crippen LogP contribution in [0.2, 0.25) is 0 Å². The zero-order valence-electron chi connectivity index (χ0n) is 13.4. The summed E-state index contributed by atoms with van der Waals surface area (Å²) in [4.78, 5) is 19.7.